The zero-order valence-electron chi connectivity index (χ0n) is 12.8. The third-order valence-corrected chi connectivity index (χ3v) is 6.98. The zero-order valence-corrected chi connectivity index (χ0v) is 15.2. The Labute approximate surface area is 147 Å². The van der Waals surface area contributed by atoms with Gasteiger partial charge >= 0.3 is 0 Å². The molecule has 5 nitrogen and oxygen atoms in total. The van der Waals surface area contributed by atoms with Gasteiger partial charge in [0.05, 0.1) is 31.9 Å². The van der Waals surface area contributed by atoms with Gasteiger partial charge < -0.3 is 15.1 Å². The van der Waals surface area contributed by atoms with E-state index >= 15 is 0 Å². The highest BCUT2D eigenvalue weighted by Gasteiger charge is 2.37. The van der Waals surface area contributed by atoms with E-state index in [1.54, 1.807) is 0 Å². The summed E-state index contributed by atoms with van der Waals surface area (Å²) in [4.78, 5) is 3.55. The van der Waals surface area contributed by atoms with Crippen LogP contribution in [0.5, 0.6) is 0 Å². The molecule has 0 aliphatic carbocycles. The SMILES string of the molecule is O=S1(=O)CC[C@@H]([NH+]2CCN(C(=S)Nc3ccc(Cl)cc3)CC2)C1. The van der Waals surface area contributed by atoms with Crippen LogP contribution in [0.1, 0.15) is 6.42 Å². The number of thiocarbonyl (C=S) groups is 1. The molecule has 0 radical (unpaired) electrons. The summed E-state index contributed by atoms with van der Waals surface area (Å²) >= 11 is 11.4. The second-order valence-electron chi connectivity index (χ2n) is 6.18. The Balaban J connectivity index is 1.50. The Hall–Kier alpha value is -0.890. The number of halogens is 1. The lowest BCUT2D eigenvalue weighted by Crippen LogP contribution is -3.18. The van der Waals surface area contributed by atoms with Crippen molar-refractivity contribution in [2.75, 3.05) is 43.0 Å². The quantitative estimate of drug-likeness (QED) is 0.735. The molecule has 0 aromatic heterocycles. The monoisotopic (exact) mass is 374 g/mol. The summed E-state index contributed by atoms with van der Waals surface area (Å²) in [6.45, 7) is 3.57. The molecule has 2 heterocycles. The Morgan fingerprint density at radius 1 is 1.26 bits per heavy atom. The van der Waals surface area contributed by atoms with E-state index in [0.717, 1.165) is 38.3 Å². The molecule has 0 unspecified atom stereocenters. The number of hydrogen-bond donors (Lipinski definition) is 2. The molecule has 126 valence electrons. The van der Waals surface area contributed by atoms with Crippen LogP contribution in [0.3, 0.4) is 0 Å². The van der Waals surface area contributed by atoms with Crippen LogP contribution in [0, 0.1) is 0 Å². The van der Waals surface area contributed by atoms with Gasteiger partial charge in [0, 0.05) is 17.1 Å². The van der Waals surface area contributed by atoms with Crippen LogP contribution in [0.2, 0.25) is 5.02 Å². The molecule has 0 amide bonds. The van der Waals surface area contributed by atoms with E-state index in [4.69, 9.17) is 23.8 Å². The van der Waals surface area contributed by atoms with E-state index in [0.29, 0.717) is 21.6 Å². The van der Waals surface area contributed by atoms with Crippen LogP contribution >= 0.6 is 23.8 Å². The number of benzene rings is 1. The Bertz CT molecular complexity index is 670. The molecule has 0 bridgehead atoms. The lowest BCUT2D eigenvalue weighted by molar-refractivity contribution is -0.925. The summed E-state index contributed by atoms with van der Waals surface area (Å²) in [7, 11) is -2.80. The van der Waals surface area contributed by atoms with E-state index in [1.165, 1.54) is 4.90 Å². The Morgan fingerprint density at radius 2 is 1.91 bits per heavy atom. The maximum Gasteiger partial charge on any atom is 0.173 e. The minimum Gasteiger partial charge on any atom is -0.338 e. The Kier molecular flexibility index (Phi) is 5.10. The van der Waals surface area contributed by atoms with E-state index in [1.807, 2.05) is 24.3 Å². The highest BCUT2D eigenvalue weighted by atomic mass is 35.5. The van der Waals surface area contributed by atoms with Gasteiger partial charge in [-0.15, -0.1) is 0 Å². The summed E-state index contributed by atoms with van der Waals surface area (Å²) in [5.41, 5.74) is 0.927. The average Bonchev–Trinajstić information content (AvgIpc) is 2.90. The fourth-order valence-corrected chi connectivity index (χ4v) is 5.51. The normalized spacial score (nSPS) is 24.6. The van der Waals surface area contributed by atoms with Crippen molar-refractivity contribution in [1.29, 1.82) is 0 Å². The fourth-order valence-electron chi connectivity index (χ4n) is 3.26. The molecule has 2 aliphatic rings. The van der Waals surface area contributed by atoms with Gasteiger partial charge in [0.15, 0.2) is 14.9 Å². The van der Waals surface area contributed by atoms with Gasteiger partial charge in [0.2, 0.25) is 0 Å². The van der Waals surface area contributed by atoms with Crippen molar-refractivity contribution in [3.8, 4) is 0 Å². The molecule has 1 atom stereocenters. The van der Waals surface area contributed by atoms with Crippen molar-refractivity contribution >= 4 is 44.5 Å². The van der Waals surface area contributed by atoms with Gasteiger partial charge in [0.1, 0.15) is 11.8 Å². The number of piperazine rings is 1. The first-order valence-electron chi connectivity index (χ1n) is 7.79. The van der Waals surface area contributed by atoms with Crippen LogP contribution in [-0.4, -0.2) is 62.2 Å². The van der Waals surface area contributed by atoms with Gasteiger partial charge in [-0.3, -0.25) is 0 Å². The van der Waals surface area contributed by atoms with Crippen molar-refractivity contribution in [1.82, 2.24) is 4.90 Å². The number of nitrogens with one attached hydrogen (secondary N) is 2. The molecule has 0 spiro atoms. The number of quaternary nitrogens is 1. The summed E-state index contributed by atoms with van der Waals surface area (Å²) in [5.74, 6) is 0.692. The van der Waals surface area contributed by atoms with Gasteiger partial charge in [-0.1, -0.05) is 11.6 Å². The van der Waals surface area contributed by atoms with Crippen LogP contribution in [0.25, 0.3) is 0 Å². The topological polar surface area (TPSA) is 53.9 Å². The number of anilines is 1. The van der Waals surface area contributed by atoms with Crippen molar-refractivity contribution in [3.63, 3.8) is 0 Å². The Morgan fingerprint density at radius 3 is 2.48 bits per heavy atom. The maximum atomic E-state index is 11.6. The van der Waals surface area contributed by atoms with Crippen LogP contribution in [0.15, 0.2) is 24.3 Å². The smallest absolute Gasteiger partial charge is 0.173 e. The minimum atomic E-state index is -2.80. The summed E-state index contributed by atoms with van der Waals surface area (Å²) in [5, 5.41) is 4.64. The van der Waals surface area contributed by atoms with Gasteiger partial charge in [-0.05, 0) is 36.5 Å². The largest absolute Gasteiger partial charge is 0.338 e. The van der Waals surface area contributed by atoms with Crippen LogP contribution in [0.4, 0.5) is 5.69 Å². The lowest BCUT2D eigenvalue weighted by atomic mass is 10.2. The van der Waals surface area contributed by atoms with E-state index < -0.39 is 9.84 Å². The molecular formula is C15H21ClN3O2S2+. The zero-order chi connectivity index (χ0) is 16.4. The lowest BCUT2D eigenvalue weighted by Gasteiger charge is -2.36. The van der Waals surface area contributed by atoms with Gasteiger partial charge in [-0.25, -0.2) is 8.42 Å². The first kappa shape index (κ1) is 17.0. The molecule has 1 aromatic rings. The molecule has 0 saturated carbocycles. The molecule has 1 aromatic carbocycles. The van der Waals surface area contributed by atoms with Crippen molar-refractivity contribution < 1.29 is 13.3 Å². The highest BCUT2D eigenvalue weighted by Crippen LogP contribution is 2.14. The number of hydrogen-bond acceptors (Lipinski definition) is 3. The van der Waals surface area contributed by atoms with E-state index in [-0.39, 0.29) is 6.04 Å². The molecular weight excluding hydrogens is 354 g/mol. The third-order valence-electron chi connectivity index (χ3n) is 4.60. The summed E-state index contributed by atoms with van der Waals surface area (Å²) in [6.07, 6.45) is 0.797. The predicted molar refractivity (Wildman–Crippen MR) is 97.0 cm³/mol. The minimum absolute atomic E-state index is 0.264. The fraction of sp³-hybridized carbons (Fsp3) is 0.533. The first-order valence-corrected chi connectivity index (χ1v) is 10.4. The predicted octanol–water partition coefficient (Wildman–Crippen LogP) is 0.424. The maximum absolute atomic E-state index is 11.6. The third kappa shape index (κ3) is 4.35. The van der Waals surface area contributed by atoms with Gasteiger partial charge in [0.25, 0.3) is 0 Å². The van der Waals surface area contributed by atoms with Crippen molar-refractivity contribution in [2.45, 2.75) is 12.5 Å². The molecule has 23 heavy (non-hydrogen) atoms. The standard InChI is InChI=1S/C15H20ClN3O2S2/c16-12-1-3-13(4-2-12)17-15(22)19-8-6-18(7-9-19)14-5-10-23(20,21)11-14/h1-4,14H,5-11H2,(H,17,22)/p+1/t14-/m1/s1. The number of rotatable bonds is 2. The van der Waals surface area contributed by atoms with Gasteiger partial charge in [-0.2, -0.15) is 0 Å². The van der Waals surface area contributed by atoms with Crippen molar-refractivity contribution in [2.24, 2.45) is 0 Å². The molecule has 2 saturated heterocycles. The van der Waals surface area contributed by atoms with E-state index in [9.17, 15) is 8.42 Å². The van der Waals surface area contributed by atoms with Crippen LogP contribution < -0.4 is 10.2 Å². The average molecular weight is 375 g/mol. The summed E-state index contributed by atoms with van der Waals surface area (Å²) < 4.78 is 23.2. The molecule has 3 rings (SSSR count). The molecule has 2 aliphatic heterocycles. The van der Waals surface area contributed by atoms with Crippen LogP contribution in [-0.2, 0) is 9.84 Å². The number of sulfone groups is 1. The molecule has 8 heteroatoms. The number of nitrogens with zero attached hydrogens (tertiary/aromatic N) is 1. The second kappa shape index (κ2) is 6.93. The second-order valence-corrected chi connectivity index (χ2v) is 9.23. The molecule has 2 N–H and O–H groups in total. The highest BCUT2D eigenvalue weighted by molar-refractivity contribution is 7.91. The first-order chi connectivity index (χ1) is 10.9. The van der Waals surface area contributed by atoms with Crippen molar-refractivity contribution in [3.05, 3.63) is 29.3 Å². The van der Waals surface area contributed by atoms with E-state index in [2.05, 4.69) is 10.2 Å². The molecule has 2 fully saturated rings. The summed E-state index contributed by atoms with van der Waals surface area (Å²) in [6, 6.07) is 7.73.